The molecule has 1 amide bonds. The molecule has 9 heteroatoms. The molecule has 154 valence electrons. The zero-order valence-electron chi connectivity index (χ0n) is 16.4. The molecule has 1 saturated carbocycles. The maximum Gasteiger partial charge on any atom is 0.292 e. The van der Waals surface area contributed by atoms with Crippen molar-refractivity contribution in [2.45, 2.75) is 36.9 Å². The molecule has 3 aromatic rings. The first kappa shape index (κ1) is 20.1. The zero-order valence-corrected chi connectivity index (χ0v) is 17.2. The molecule has 0 radical (unpaired) electrons. The van der Waals surface area contributed by atoms with Crippen molar-refractivity contribution in [1.29, 1.82) is 0 Å². The highest BCUT2D eigenvalue weighted by Gasteiger charge is 2.43. The molecule has 1 heterocycles. The Morgan fingerprint density at radius 2 is 1.90 bits per heavy atom. The van der Waals surface area contributed by atoms with E-state index in [9.17, 15) is 14.9 Å². The van der Waals surface area contributed by atoms with Gasteiger partial charge in [-0.2, -0.15) is 0 Å². The van der Waals surface area contributed by atoms with Gasteiger partial charge in [0.25, 0.3) is 5.69 Å². The Balaban J connectivity index is 1.40. The SMILES string of the molecule is CCn1c(SCC(=O)Nc2ccccc2[N+](=O)[O-])nnc1C1CC1c1ccccc1. The van der Waals surface area contributed by atoms with E-state index in [2.05, 4.69) is 32.2 Å². The third-order valence-electron chi connectivity index (χ3n) is 5.12. The lowest BCUT2D eigenvalue weighted by Gasteiger charge is -2.08. The number of nitrogens with one attached hydrogen (secondary N) is 1. The molecule has 1 aromatic heterocycles. The van der Waals surface area contributed by atoms with Gasteiger partial charge in [0.05, 0.1) is 10.7 Å². The molecule has 1 aliphatic rings. The first-order valence-corrected chi connectivity index (χ1v) is 10.7. The van der Waals surface area contributed by atoms with E-state index in [1.54, 1.807) is 12.1 Å². The quantitative estimate of drug-likeness (QED) is 0.331. The minimum Gasteiger partial charge on any atom is -0.320 e. The summed E-state index contributed by atoms with van der Waals surface area (Å²) in [5.74, 6) is 1.52. The van der Waals surface area contributed by atoms with Gasteiger partial charge in [0, 0.05) is 18.5 Å². The van der Waals surface area contributed by atoms with Crippen LogP contribution in [0.25, 0.3) is 0 Å². The minimum atomic E-state index is -0.512. The van der Waals surface area contributed by atoms with Gasteiger partial charge in [-0.05, 0) is 30.9 Å². The van der Waals surface area contributed by atoms with Gasteiger partial charge in [0.2, 0.25) is 5.91 Å². The van der Waals surface area contributed by atoms with Crippen molar-refractivity contribution in [2.75, 3.05) is 11.1 Å². The summed E-state index contributed by atoms with van der Waals surface area (Å²) in [4.78, 5) is 22.9. The number of para-hydroxylation sites is 2. The van der Waals surface area contributed by atoms with Gasteiger partial charge in [-0.25, -0.2) is 0 Å². The lowest BCUT2D eigenvalue weighted by atomic mass is 10.1. The second-order valence-electron chi connectivity index (χ2n) is 7.06. The van der Waals surface area contributed by atoms with E-state index in [4.69, 9.17) is 0 Å². The summed E-state index contributed by atoms with van der Waals surface area (Å²) in [5.41, 5.74) is 1.37. The first-order chi connectivity index (χ1) is 14.6. The summed E-state index contributed by atoms with van der Waals surface area (Å²) in [6.07, 6.45) is 1.05. The van der Waals surface area contributed by atoms with Crippen LogP contribution in [0.2, 0.25) is 0 Å². The van der Waals surface area contributed by atoms with E-state index >= 15 is 0 Å². The van der Waals surface area contributed by atoms with Crippen LogP contribution in [0.5, 0.6) is 0 Å². The van der Waals surface area contributed by atoms with Gasteiger partial charge >= 0.3 is 0 Å². The normalized spacial score (nSPS) is 17.5. The number of nitro groups is 1. The average Bonchev–Trinajstić information content (AvgIpc) is 3.45. The Kier molecular flexibility index (Phi) is 5.80. The van der Waals surface area contributed by atoms with Crippen LogP contribution in [0.1, 0.15) is 36.6 Å². The van der Waals surface area contributed by atoms with Crippen molar-refractivity contribution in [1.82, 2.24) is 14.8 Å². The zero-order chi connectivity index (χ0) is 21.1. The number of benzene rings is 2. The van der Waals surface area contributed by atoms with Crippen molar-refractivity contribution >= 4 is 29.0 Å². The topological polar surface area (TPSA) is 103 Å². The van der Waals surface area contributed by atoms with Crippen LogP contribution < -0.4 is 5.32 Å². The lowest BCUT2D eigenvalue weighted by molar-refractivity contribution is -0.383. The molecular weight excluding hydrogens is 402 g/mol. The van der Waals surface area contributed by atoms with Crippen molar-refractivity contribution in [3.05, 3.63) is 76.1 Å². The molecule has 2 atom stereocenters. The van der Waals surface area contributed by atoms with E-state index in [1.165, 1.54) is 29.5 Å². The fraction of sp³-hybridized carbons (Fsp3) is 0.286. The number of carbonyl (C=O) groups is 1. The molecule has 8 nitrogen and oxygen atoms in total. The van der Waals surface area contributed by atoms with Gasteiger partial charge in [-0.15, -0.1) is 10.2 Å². The third-order valence-corrected chi connectivity index (χ3v) is 6.09. The number of anilines is 1. The van der Waals surface area contributed by atoms with Gasteiger partial charge in [0.15, 0.2) is 5.16 Å². The number of hydrogen-bond donors (Lipinski definition) is 1. The molecule has 1 fully saturated rings. The smallest absolute Gasteiger partial charge is 0.292 e. The summed E-state index contributed by atoms with van der Waals surface area (Å²) >= 11 is 1.28. The molecule has 1 N–H and O–H groups in total. The van der Waals surface area contributed by atoms with Gasteiger partial charge in [-0.1, -0.05) is 54.2 Å². The van der Waals surface area contributed by atoms with Crippen LogP contribution in [0.4, 0.5) is 11.4 Å². The molecule has 0 bridgehead atoms. The predicted molar refractivity (Wildman–Crippen MR) is 115 cm³/mol. The Morgan fingerprint density at radius 3 is 2.63 bits per heavy atom. The van der Waals surface area contributed by atoms with E-state index in [1.807, 2.05) is 25.1 Å². The third kappa shape index (κ3) is 4.20. The van der Waals surface area contributed by atoms with Gasteiger partial charge < -0.3 is 9.88 Å². The second-order valence-corrected chi connectivity index (χ2v) is 8.00. The molecule has 30 heavy (non-hydrogen) atoms. The largest absolute Gasteiger partial charge is 0.320 e. The number of hydrogen-bond acceptors (Lipinski definition) is 6. The van der Waals surface area contributed by atoms with E-state index < -0.39 is 4.92 Å². The molecule has 1 aliphatic carbocycles. The van der Waals surface area contributed by atoms with Crippen molar-refractivity contribution < 1.29 is 9.72 Å². The number of carbonyl (C=O) groups excluding carboxylic acids is 1. The lowest BCUT2D eigenvalue weighted by Crippen LogP contribution is -2.15. The second kappa shape index (κ2) is 8.66. The molecule has 0 saturated heterocycles. The number of amides is 1. The van der Waals surface area contributed by atoms with Crippen molar-refractivity contribution in [3.8, 4) is 0 Å². The first-order valence-electron chi connectivity index (χ1n) is 9.72. The van der Waals surface area contributed by atoms with Crippen LogP contribution in [-0.2, 0) is 11.3 Å². The van der Waals surface area contributed by atoms with Crippen LogP contribution in [0.15, 0.2) is 59.8 Å². The Hall–Kier alpha value is -3.20. The molecule has 0 spiro atoms. The molecule has 2 aromatic carbocycles. The van der Waals surface area contributed by atoms with Gasteiger partial charge in [-0.3, -0.25) is 14.9 Å². The monoisotopic (exact) mass is 423 g/mol. The summed E-state index contributed by atoms with van der Waals surface area (Å²) < 4.78 is 2.05. The number of nitrogens with zero attached hydrogens (tertiary/aromatic N) is 4. The van der Waals surface area contributed by atoms with Crippen LogP contribution in [0, 0.1) is 10.1 Å². The van der Waals surface area contributed by atoms with Crippen LogP contribution in [0.3, 0.4) is 0 Å². The number of aromatic nitrogens is 3. The molecular formula is C21H21N5O3S. The maximum atomic E-state index is 12.3. The predicted octanol–water partition coefficient (Wildman–Crippen LogP) is 4.21. The minimum absolute atomic E-state index is 0.0942. The number of nitro benzene ring substituents is 1. The summed E-state index contributed by atoms with van der Waals surface area (Å²) in [7, 11) is 0. The van der Waals surface area contributed by atoms with Crippen molar-refractivity contribution in [2.24, 2.45) is 0 Å². The van der Waals surface area contributed by atoms with E-state index in [0.29, 0.717) is 23.5 Å². The van der Waals surface area contributed by atoms with Gasteiger partial charge in [0.1, 0.15) is 11.5 Å². The van der Waals surface area contributed by atoms with E-state index in [0.717, 1.165) is 12.2 Å². The van der Waals surface area contributed by atoms with Crippen LogP contribution in [-0.4, -0.2) is 31.3 Å². The Morgan fingerprint density at radius 1 is 1.17 bits per heavy atom. The highest BCUT2D eigenvalue weighted by molar-refractivity contribution is 7.99. The highest BCUT2D eigenvalue weighted by Crippen LogP contribution is 2.54. The van der Waals surface area contributed by atoms with E-state index in [-0.39, 0.29) is 23.0 Å². The Bertz CT molecular complexity index is 1070. The average molecular weight is 423 g/mol. The Labute approximate surface area is 177 Å². The molecule has 0 aliphatic heterocycles. The molecule has 2 unspecified atom stereocenters. The fourth-order valence-electron chi connectivity index (χ4n) is 3.58. The number of rotatable bonds is 8. The molecule has 4 rings (SSSR count). The summed E-state index contributed by atoms with van der Waals surface area (Å²) in [6.45, 7) is 2.75. The highest BCUT2D eigenvalue weighted by atomic mass is 32.2. The fourth-order valence-corrected chi connectivity index (χ4v) is 4.39. The van der Waals surface area contributed by atoms with Crippen LogP contribution >= 0.6 is 11.8 Å². The maximum absolute atomic E-state index is 12.3. The summed E-state index contributed by atoms with van der Waals surface area (Å²) in [5, 5.41) is 23.1. The standard InChI is InChI=1S/C21H21N5O3S/c1-2-25-20(16-12-15(16)14-8-4-3-5-9-14)23-24-21(25)30-13-19(27)22-17-10-6-7-11-18(17)26(28)29/h3-11,15-16H,2,12-13H2,1H3,(H,22,27). The number of thioether (sulfide) groups is 1. The summed E-state index contributed by atoms with van der Waals surface area (Å²) in [6, 6.07) is 16.5. The van der Waals surface area contributed by atoms with Crippen molar-refractivity contribution in [3.63, 3.8) is 0 Å².